The van der Waals surface area contributed by atoms with E-state index in [1.54, 1.807) is 32.9 Å². The van der Waals surface area contributed by atoms with Gasteiger partial charge in [0, 0.05) is 25.6 Å². The van der Waals surface area contributed by atoms with Gasteiger partial charge in [-0.1, -0.05) is 29.8 Å². The molecule has 0 amide bonds. The fourth-order valence-electron chi connectivity index (χ4n) is 5.17. The third-order valence-corrected chi connectivity index (χ3v) is 7.21. The number of hydrogen-bond donors (Lipinski definition) is 0. The molecule has 0 N–H and O–H groups in total. The predicted molar refractivity (Wildman–Crippen MR) is 127 cm³/mol. The third kappa shape index (κ3) is 6.13. The molecular formula is C28H32F3NO3. The maximum Gasteiger partial charge on any atom is 0.416 e. The maximum atomic E-state index is 13.6. The van der Waals surface area contributed by atoms with Gasteiger partial charge in [0.15, 0.2) is 0 Å². The van der Waals surface area contributed by atoms with Crippen molar-refractivity contribution < 1.29 is 27.5 Å². The summed E-state index contributed by atoms with van der Waals surface area (Å²) in [6, 6.07) is 11.1. The van der Waals surface area contributed by atoms with Gasteiger partial charge in [-0.15, -0.1) is 0 Å². The van der Waals surface area contributed by atoms with Crippen LogP contribution in [0.2, 0.25) is 0 Å². The predicted octanol–water partition coefficient (Wildman–Crippen LogP) is 6.48. The first-order valence-electron chi connectivity index (χ1n) is 12.2. The molecular weight excluding hydrogens is 455 g/mol. The zero-order valence-electron chi connectivity index (χ0n) is 20.4. The van der Waals surface area contributed by atoms with Crippen LogP contribution in [0.5, 0.6) is 0 Å². The van der Waals surface area contributed by atoms with Crippen molar-refractivity contribution in [1.82, 2.24) is 4.90 Å². The van der Waals surface area contributed by atoms with E-state index >= 15 is 0 Å². The Morgan fingerprint density at radius 2 is 1.86 bits per heavy atom. The zero-order valence-corrected chi connectivity index (χ0v) is 20.4. The third-order valence-electron chi connectivity index (χ3n) is 7.21. The monoisotopic (exact) mass is 487 g/mol. The minimum Gasteiger partial charge on any atom is -0.457 e. The van der Waals surface area contributed by atoms with Crippen molar-refractivity contribution in [2.75, 3.05) is 13.1 Å². The molecule has 1 aliphatic heterocycles. The second kappa shape index (κ2) is 10.1. The molecule has 1 unspecified atom stereocenters. The number of carbonyl (C=O) groups is 2. The van der Waals surface area contributed by atoms with Gasteiger partial charge in [-0.05, 0) is 81.2 Å². The van der Waals surface area contributed by atoms with Crippen molar-refractivity contribution in [2.24, 2.45) is 5.92 Å². The summed E-state index contributed by atoms with van der Waals surface area (Å²) in [6.07, 6.45) is -1.58. The largest absolute Gasteiger partial charge is 0.457 e. The fraction of sp³-hybridized carbons (Fsp3) is 0.500. The highest BCUT2D eigenvalue weighted by atomic mass is 19.4. The first-order valence-corrected chi connectivity index (χ1v) is 12.2. The molecule has 2 aliphatic rings. The molecule has 3 atom stereocenters. The molecule has 0 bridgehead atoms. The zero-order chi connectivity index (χ0) is 25.3. The van der Waals surface area contributed by atoms with Crippen LogP contribution in [0, 0.1) is 12.8 Å². The summed E-state index contributed by atoms with van der Waals surface area (Å²) in [5.74, 6) is 0.311. The molecule has 4 nitrogen and oxygen atoms in total. The fourth-order valence-corrected chi connectivity index (χ4v) is 5.17. The van der Waals surface area contributed by atoms with Gasteiger partial charge in [-0.3, -0.25) is 4.90 Å². The number of ether oxygens (including phenoxy) is 1. The van der Waals surface area contributed by atoms with E-state index < -0.39 is 23.8 Å². The SMILES string of the molecule is CC(=O)C[C@H](c1cccc(C(=O)O[C@H]2CCN(C(C)c3cc(C)ccc3C(F)(F)F)C2)c1)C1CC1. The molecule has 0 radical (unpaired) electrons. The molecule has 1 saturated heterocycles. The number of carbonyl (C=O) groups excluding carboxylic acids is 2. The lowest BCUT2D eigenvalue weighted by Gasteiger charge is -2.27. The van der Waals surface area contributed by atoms with Crippen LogP contribution in [-0.2, 0) is 15.7 Å². The second-order valence-electron chi connectivity index (χ2n) is 10.1. The van der Waals surface area contributed by atoms with Gasteiger partial charge in [0.25, 0.3) is 0 Å². The number of nitrogens with zero attached hydrogens (tertiary/aromatic N) is 1. The second-order valence-corrected chi connectivity index (χ2v) is 10.1. The first kappa shape index (κ1) is 25.4. The topological polar surface area (TPSA) is 46.6 Å². The number of likely N-dealkylation sites (tertiary alicyclic amines) is 1. The Hall–Kier alpha value is -2.67. The van der Waals surface area contributed by atoms with E-state index in [1.165, 1.54) is 6.07 Å². The average Bonchev–Trinajstić information content (AvgIpc) is 3.54. The van der Waals surface area contributed by atoms with Crippen LogP contribution in [-0.4, -0.2) is 35.8 Å². The van der Waals surface area contributed by atoms with Crippen molar-refractivity contribution in [3.8, 4) is 0 Å². The number of alkyl halides is 3. The summed E-state index contributed by atoms with van der Waals surface area (Å²) in [7, 11) is 0. The summed E-state index contributed by atoms with van der Waals surface area (Å²) >= 11 is 0. The van der Waals surface area contributed by atoms with Gasteiger partial charge in [0.05, 0.1) is 11.1 Å². The van der Waals surface area contributed by atoms with Crippen LogP contribution >= 0.6 is 0 Å². The van der Waals surface area contributed by atoms with Crippen molar-refractivity contribution in [2.45, 2.75) is 70.7 Å². The standard InChI is InChI=1S/C28H32F3NO3/c1-17-7-10-26(28(29,30)31)24(13-17)19(3)32-12-11-23(16-32)35-27(34)22-6-4-5-21(15-22)25(14-18(2)33)20-8-9-20/h4-7,10,13,15,19-20,23,25H,8-9,11-12,14,16H2,1-3H3/t19?,23-,25-/m0/s1. The van der Waals surface area contributed by atoms with Gasteiger partial charge in [0.2, 0.25) is 0 Å². The Morgan fingerprint density at radius 3 is 2.51 bits per heavy atom. The molecule has 1 aliphatic carbocycles. The van der Waals surface area contributed by atoms with E-state index in [2.05, 4.69) is 0 Å². The molecule has 1 heterocycles. The number of ketones is 1. The molecule has 1 saturated carbocycles. The molecule has 0 spiro atoms. The number of hydrogen-bond acceptors (Lipinski definition) is 4. The highest BCUT2D eigenvalue weighted by Gasteiger charge is 2.38. The molecule has 0 aromatic heterocycles. The Kier molecular flexibility index (Phi) is 7.36. The van der Waals surface area contributed by atoms with E-state index in [-0.39, 0.29) is 23.4 Å². The Labute approximate surface area is 204 Å². The highest BCUT2D eigenvalue weighted by molar-refractivity contribution is 5.89. The van der Waals surface area contributed by atoms with E-state index in [0.29, 0.717) is 37.4 Å². The average molecular weight is 488 g/mol. The number of benzene rings is 2. The van der Waals surface area contributed by atoms with Crippen molar-refractivity contribution in [3.05, 3.63) is 70.3 Å². The van der Waals surface area contributed by atoms with Gasteiger partial charge in [0.1, 0.15) is 11.9 Å². The van der Waals surface area contributed by atoms with Crippen LogP contribution in [0.4, 0.5) is 13.2 Å². The van der Waals surface area contributed by atoms with Crippen LogP contribution < -0.4 is 0 Å². The number of halogens is 3. The molecule has 4 rings (SSSR count). The summed E-state index contributed by atoms with van der Waals surface area (Å²) < 4.78 is 46.5. The van der Waals surface area contributed by atoms with Crippen molar-refractivity contribution in [1.29, 1.82) is 0 Å². The number of rotatable bonds is 8. The molecule has 2 aromatic rings. The molecule has 2 fully saturated rings. The Balaban J connectivity index is 1.42. The summed E-state index contributed by atoms with van der Waals surface area (Å²) in [5.41, 5.74) is 1.83. The Bertz CT molecular complexity index is 1090. The quantitative estimate of drug-likeness (QED) is 0.400. The Morgan fingerprint density at radius 1 is 1.11 bits per heavy atom. The van der Waals surface area contributed by atoms with Crippen LogP contribution in [0.25, 0.3) is 0 Å². The minimum absolute atomic E-state index is 0.125. The first-order chi connectivity index (χ1) is 16.5. The lowest BCUT2D eigenvalue weighted by atomic mass is 9.89. The highest BCUT2D eigenvalue weighted by Crippen LogP contribution is 2.45. The van der Waals surface area contributed by atoms with Gasteiger partial charge >= 0.3 is 12.1 Å². The molecule has 35 heavy (non-hydrogen) atoms. The molecule has 7 heteroatoms. The van der Waals surface area contributed by atoms with Gasteiger partial charge < -0.3 is 9.53 Å². The number of Topliss-reactive ketones (excluding diaryl/α,β-unsaturated/α-hetero) is 1. The smallest absolute Gasteiger partial charge is 0.416 e. The van der Waals surface area contributed by atoms with Gasteiger partial charge in [-0.25, -0.2) is 4.79 Å². The van der Waals surface area contributed by atoms with Crippen LogP contribution in [0.15, 0.2) is 42.5 Å². The minimum atomic E-state index is -4.42. The molecule has 188 valence electrons. The van der Waals surface area contributed by atoms with Crippen molar-refractivity contribution in [3.63, 3.8) is 0 Å². The number of aryl methyl sites for hydroxylation is 1. The van der Waals surface area contributed by atoms with Crippen molar-refractivity contribution >= 4 is 11.8 Å². The van der Waals surface area contributed by atoms with E-state index in [1.807, 2.05) is 23.1 Å². The van der Waals surface area contributed by atoms with E-state index in [9.17, 15) is 22.8 Å². The lowest BCUT2D eigenvalue weighted by molar-refractivity contribution is -0.138. The lowest BCUT2D eigenvalue weighted by Crippen LogP contribution is -2.29. The maximum absolute atomic E-state index is 13.6. The van der Waals surface area contributed by atoms with Crippen LogP contribution in [0.1, 0.15) is 84.1 Å². The van der Waals surface area contributed by atoms with E-state index in [4.69, 9.17) is 4.74 Å². The summed E-state index contributed by atoms with van der Waals surface area (Å²) in [5, 5.41) is 0. The normalized spacial score (nSPS) is 20.5. The summed E-state index contributed by atoms with van der Waals surface area (Å²) in [4.78, 5) is 26.6. The van der Waals surface area contributed by atoms with E-state index in [0.717, 1.165) is 30.0 Å². The number of esters is 1. The van der Waals surface area contributed by atoms with Gasteiger partial charge in [-0.2, -0.15) is 13.2 Å². The summed E-state index contributed by atoms with van der Waals surface area (Å²) in [6.45, 7) is 6.07. The van der Waals surface area contributed by atoms with Crippen LogP contribution in [0.3, 0.4) is 0 Å². The molecule has 2 aromatic carbocycles.